The second-order valence-electron chi connectivity index (χ2n) is 5.74. The summed E-state index contributed by atoms with van der Waals surface area (Å²) in [7, 11) is 0. The molecule has 150 valence electrons. The van der Waals surface area contributed by atoms with Crippen molar-refractivity contribution in [1.82, 2.24) is 9.97 Å². The topological polar surface area (TPSA) is 54.9 Å². The van der Waals surface area contributed by atoms with Crippen molar-refractivity contribution in [2.24, 2.45) is 0 Å². The molecule has 0 saturated heterocycles. The van der Waals surface area contributed by atoms with E-state index in [2.05, 4.69) is 31.2 Å². The molecule has 0 unspecified atom stereocenters. The summed E-state index contributed by atoms with van der Waals surface area (Å²) < 4.78 is 54.1. The quantitative estimate of drug-likeness (QED) is 0.282. The predicted octanol–water partition coefficient (Wildman–Crippen LogP) is 5.79. The zero-order valence-electron chi connectivity index (χ0n) is 14.5. The van der Waals surface area contributed by atoms with Crippen molar-refractivity contribution in [2.45, 2.75) is 11.3 Å². The summed E-state index contributed by atoms with van der Waals surface area (Å²) in [6, 6.07) is 13.0. The largest absolute Gasteiger partial charge is 0.433 e. The fraction of sp³-hybridized carbons (Fsp3) is 0.105. The number of carbonyl (C=O) groups is 1. The number of rotatable bonds is 5. The van der Waals surface area contributed by atoms with Gasteiger partial charge >= 0.3 is 6.18 Å². The van der Waals surface area contributed by atoms with Crippen LogP contribution in [0.2, 0.25) is 0 Å². The lowest BCUT2D eigenvalue weighted by Gasteiger charge is -2.11. The fourth-order valence-corrected chi connectivity index (χ4v) is 3.20. The molecule has 0 aliphatic heterocycles. The van der Waals surface area contributed by atoms with E-state index < -0.39 is 23.6 Å². The van der Waals surface area contributed by atoms with E-state index in [-0.39, 0.29) is 22.3 Å². The summed E-state index contributed by atoms with van der Waals surface area (Å²) in [6.07, 6.45) is -4.67. The van der Waals surface area contributed by atoms with Crippen LogP contribution in [0.15, 0.2) is 64.2 Å². The molecule has 0 aliphatic carbocycles. The van der Waals surface area contributed by atoms with Gasteiger partial charge in [0.05, 0.1) is 17.1 Å². The van der Waals surface area contributed by atoms with Crippen LogP contribution in [0.4, 0.5) is 23.2 Å². The molecule has 1 heterocycles. The molecule has 1 aromatic heterocycles. The number of para-hydroxylation sites is 1. The number of benzene rings is 2. The molecule has 0 aliphatic rings. The smallest absolute Gasteiger partial charge is 0.323 e. The van der Waals surface area contributed by atoms with Gasteiger partial charge in [0.2, 0.25) is 5.91 Å². The van der Waals surface area contributed by atoms with Gasteiger partial charge in [-0.25, -0.2) is 14.4 Å². The van der Waals surface area contributed by atoms with E-state index in [1.54, 1.807) is 30.3 Å². The van der Waals surface area contributed by atoms with Crippen molar-refractivity contribution in [1.29, 1.82) is 0 Å². The molecule has 29 heavy (non-hydrogen) atoms. The normalized spacial score (nSPS) is 11.3. The number of halogens is 5. The predicted molar refractivity (Wildman–Crippen MR) is 106 cm³/mol. The number of nitrogens with one attached hydrogen (secondary N) is 1. The summed E-state index contributed by atoms with van der Waals surface area (Å²) in [5.74, 6) is -1.49. The van der Waals surface area contributed by atoms with Crippen LogP contribution >= 0.6 is 27.7 Å². The average molecular weight is 486 g/mol. The Hall–Kier alpha value is -2.46. The van der Waals surface area contributed by atoms with E-state index in [0.717, 1.165) is 22.3 Å². The fourth-order valence-electron chi connectivity index (χ4n) is 2.28. The molecule has 3 rings (SSSR count). The van der Waals surface area contributed by atoms with Gasteiger partial charge in [0, 0.05) is 10.0 Å². The van der Waals surface area contributed by atoms with E-state index in [0.29, 0.717) is 5.56 Å². The lowest BCUT2D eigenvalue weighted by atomic mass is 10.1. The molecule has 10 heteroatoms. The van der Waals surface area contributed by atoms with Crippen LogP contribution in [0.1, 0.15) is 5.69 Å². The maximum Gasteiger partial charge on any atom is 0.433 e. The van der Waals surface area contributed by atoms with Crippen LogP contribution in [0.5, 0.6) is 0 Å². The molecule has 1 N–H and O–H groups in total. The molecule has 4 nitrogen and oxygen atoms in total. The molecule has 3 aromatic rings. The molecule has 1 amide bonds. The molecular formula is C19H12BrF4N3OS. The molecule has 0 radical (unpaired) electrons. The number of nitrogens with zero attached hydrogens (tertiary/aromatic N) is 2. The Bertz CT molecular complexity index is 1030. The van der Waals surface area contributed by atoms with Crippen molar-refractivity contribution >= 4 is 39.3 Å². The van der Waals surface area contributed by atoms with Crippen LogP contribution < -0.4 is 5.32 Å². The van der Waals surface area contributed by atoms with Gasteiger partial charge in [-0.2, -0.15) is 13.2 Å². The standard InChI is InChI=1S/C19H12BrF4N3OS/c20-12-7-5-11(6-8-12)15-9-16(19(22,23)24)27-18(26-15)29-10-17(28)25-14-4-2-1-3-13(14)21/h1-9H,10H2,(H,25,28). The number of thioether (sulfide) groups is 1. The van der Waals surface area contributed by atoms with Crippen LogP contribution in [-0.2, 0) is 11.0 Å². The second kappa shape index (κ2) is 8.91. The average Bonchev–Trinajstić information content (AvgIpc) is 2.68. The lowest BCUT2D eigenvalue weighted by molar-refractivity contribution is -0.141. The minimum Gasteiger partial charge on any atom is -0.323 e. The Morgan fingerprint density at radius 2 is 1.76 bits per heavy atom. The second-order valence-corrected chi connectivity index (χ2v) is 7.60. The third kappa shape index (κ3) is 5.77. The molecule has 2 aromatic carbocycles. The molecular weight excluding hydrogens is 474 g/mol. The molecule has 0 fully saturated rings. The monoisotopic (exact) mass is 485 g/mol. The summed E-state index contributed by atoms with van der Waals surface area (Å²) >= 11 is 3.99. The number of hydrogen-bond acceptors (Lipinski definition) is 4. The minimum atomic E-state index is -4.67. The maximum absolute atomic E-state index is 13.6. The zero-order valence-corrected chi connectivity index (χ0v) is 16.9. The first-order valence-corrected chi connectivity index (χ1v) is 9.89. The van der Waals surface area contributed by atoms with Crippen molar-refractivity contribution in [3.63, 3.8) is 0 Å². The lowest BCUT2D eigenvalue weighted by Crippen LogP contribution is -2.16. The third-order valence-electron chi connectivity index (χ3n) is 3.62. The van der Waals surface area contributed by atoms with Crippen LogP contribution in [0, 0.1) is 5.82 Å². The summed E-state index contributed by atoms with van der Waals surface area (Å²) in [4.78, 5) is 19.7. The highest BCUT2D eigenvalue weighted by Gasteiger charge is 2.34. The van der Waals surface area contributed by atoms with Gasteiger partial charge in [-0.05, 0) is 30.3 Å². The van der Waals surface area contributed by atoms with Crippen LogP contribution in [0.25, 0.3) is 11.3 Å². The van der Waals surface area contributed by atoms with E-state index in [4.69, 9.17) is 0 Å². The molecule has 0 bridgehead atoms. The SMILES string of the molecule is O=C(CSc1nc(-c2ccc(Br)cc2)cc(C(F)(F)F)n1)Nc1ccccc1F. The maximum atomic E-state index is 13.6. The van der Waals surface area contributed by atoms with Crippen molar-refractivity contribution < 1.29 is 22.4 Å². The Labute approximate surface area is 175 Å². The summed E-state index contributed by atoms with van der Waals surface area (Å²) in [5.41, 5.74) is -0.573. The van der Waals surface area contributed by atoms with E-state index >= 15 is 0 Å². The molecule has 0 spiro atoms. The summed E-state index contributed by atoms with van der Waals surface area (Å²) in [5, 5.41) is 2.15. The van der Waals surface area contributed by atoms with Crippen molar-refractivity contribution in [2.75, 3.05) is 11.1 Å². The Morgan fingerprint density at radius 1 is 1.07 bits per heavy atom. The number of anilines is 1. The highest BCUT2D eigenvalue weighted by atomic mass is 79.9. The van der Waals surface area contributed by atoms with Gasteiger partial charge in [0.1, 0.15) is 11.5 Å². The first kappa shape index (κ1) is 21.3. The van der Waals surface area contributed by atoms with Crippen molar-refractivity contribution in [3.05, 3.63) is 70.6 Å². The van der Waals surface area contributed by atoms with Gasteiger partial charge in [0.25, 0.3) is 0 Å². The summed E-state index contributed by atoms with van der Waals surface area (Å²) in [6.45, 7) is 0. The third-order valence-corrected chi connectivity index (χ3v) is 4.99. The number of carbonyl (C=O) groups excluding carboxylic acids is 1. The highest BCUT2D eigenvalue weighted by Crippen LogP contribution is 2.32. The van der Waals surface area contributed by atoms with Gasteiger partial charge in [-0.15, -0.1) is 0 Å². The zero-order chi connectivity index (χ0) is 21.0. The Kier molecular flexibility index (Phi) is 6.53. The molecule has 0 atom stereocenters. The van der Waals surface area contributed by atoms with Crippen LogP contribution in [-0.4, -0.2) is 21.6 Å². The van der Waals surface area contributed by atoms with E-state index in [1.807, 2.05) is 0 Å². The van der Waals surface area contributed by atoms with Gasteiger partial charge in [-0.3, -0.25) is 4.79 Å². The molecule has 0 saturated carbocycles. The first-order chi connectivity index (χ1) is 13.7. The van der Waals surface area contributed by atoms with Gasteiger partial charge in [0.15, 0.2) is 5.16 Å². The number of hydrogen-bond donors (Lipinski definition) is 1. The Morgan fingerprint density at radius 3 is 2.41 bits per heavy atom. The van der Waals surface area contributed by atoms with Gasteiger partial charge in [-0.1, -0.05) is 52.0 Å². The van der Waals surface area contributed by atoms with Crippen molar-refractivity contribution in [3.8, 4) is 11.3 Å². The van der Waals surface area contributed by atoms with Gasteiger partial charge < -0.3 is 5.32 Å². The minimum absolute atomic E-state index is 0.0152. The Balaban J connectivity index is 1.80. The first-order valence-electron chi connectivity index (χ1n) is 8.12. The van der Waals surface area contributed by atoms with Crippen LogP contribution in [0.3, 0.4) is 0 Å². The highest BCUT2D eigenvalue weighted by molar-refractivity contribution is 9.10. The van der Waals surface area contributed by atoms with E-state index in [9.17, 15) is 22.4 Å². The number of aromatic nitrogens is 2. The van der Waals surface area contributed by atoms with E-state index in [1.165, 1.54) is 18.2 Å². The number of amides is 1. The number of alkyl halides is 3.